The van der Waals surface area contributed by atoms with Crippen molar-refractivity contribution >= 4 is 5.69 Å². The number of nitrogens with two attached hydrogens (primary N) is 1. The summed E-state index contributed by atoms with van der Waals surface area (Å²) >= 11 is 0. The van der Waals surface area contributed by atoms with Crippen LogP contribution < -0.4 is 10.5 Å². The summed E-state index contributed by atoms with van der Waals surface area (Å²) in [6.45, 7) is 6.57. The summed E-state index contributed by atoms with van der Waals surface area (Å²) in [5, 5.41) is 0. The van der Waals surface area contributed by atoms with Crippen LogP contribution in [0.4, 0.5) is 10.1 Å². The van der Waals surface area contributed by atoms with Crippen LogP contribution in [0.15, 0.2) is 12.1 Å². The number of nitrogen functional groups attached to an aromatic ring is 1. The minimum Gasteiger partial charge on any atom is -0.491 e. The van der Waals surface area contributed by atoms with Gasteiger partial charge in [-0.3, -0.25) is 0 Å². The second kappa shape index (κ2) is 5.01. The second-order valence-corrected chi connectivity index (χ2v) is 4.17. The zero-order valence-electron chi connectivity index (χ0n) is 9.51. The van der Waals surface area contributed by atoms with Gasteiger partial charge >= 0.3 is 0 Å². The van der Waals surface area contributed by atoms with E-state index in [0.29, 0.717) is 29.5 Å². The number of ether oxygens (including phenoxy) is 1. The Morgan fingerprint density at radius 3 is 2.67 bits per heavy atom. The zero-order valence-corrected chi connectivity index (χ0v) is 9.51. The number of aryl methyl sites for hydroxylation is 1. The van der Waals surface area contributed by atoms with Crippen LogP contribution in [0.25, 0.3) is 0 Å². The van der Waals surface area contributed by atoms with E-state index in [4.69, 9.17) is 10.5 Å². The summed E-state index contributed by atoms with van der Waals surface area (Å²) in [4.78, 5) is 0. The van der Waals surface area contributed by atoms with Gasteiger partial charge in [-0.25, -0.2) is 4.39 Å². The van der Waals surface area contributed by atoms with Crippen molar-refractivity contribution in [2.45, 2.75) is 27.2 Å². The molecule has 1 aromatic rings. The first-order chi connectivity index (χ1) is 7.00. The molecule has 2 N–H and O–H groups in total. The van der Waals surface area contributed by atoms with Crippen LogP contribution in [0.1, 0.15) is 25.8 Å². The Morgan fingerprint density at radius 1 is 1.40 bits per heavy atom. The maximum Gasteiger partial charge on any atom is 0.142 e. The SMILES string of the molecule is Cc1cc(OCCC(C)C)c(N)cc1F. The van der Waals surface area contributed by atoms with Gasteiger partial charge in [0.2, 0.25) is 0 Å². The Kier molecular flexibility index (Phi) is 3.95. The number of halogens is 1. The van der Waals surface area contributed by atoms with Crippen LogP contribution in [-0.2, 0) is 0 Å². The van der Waals surface area contributed by atoms with Crippen molar-refractivity contribution in [2.24, 2.45) is 5.92 Å². The highest BCUT2D eigenvalue weighted by atomic mass is 19.1. The minimum absolute atomic E-state index is 0.288. The highest BCUT2D eigenvalue weighted by Gasteiger charge is 2.05. The molecule has 15 heavy (non-hydrogen) atoms. The molecule has 0 aliphatic heterocycles. The Hall–Kier alpha value is -1.25. The van der Waals surface area contributed by atoms with Crippen molar-refractivity contribution in [1.82, 2.24) is 0 Å². The third-order valence-electron chi connectivity index (χ3n) is 2.24. The van der Waals surface area contributed by atoms with E-state index in [1.165, 1.54) is 6.07 Å². The minimum atomic E-state index is -0.288. The second-order valence-electron chi connectivity index (χ2n) is 4.17. The van der Waals surface area contributed by atoms with E-state index >= 15 is 0 Å². The van der Waals surface area contributed by atoms with E-state index in [-0.39, 0.29) is 5.82 Å². The topological polar surface area (TPSA) is 35.2 Å². The Balaban J connectivity index is 2.65. The fraction of sp³-hybridized carbons (Fsp3) is 0.500. The van der Waals surface area contributed by atoms with Gasteiger partial charge in [0.15, 0.2) is 0 Å². The Bertz CT molecular complexity index is 337. The quantitative estimate of drug-likeness (QED) is 0.776. The summed E-state index contributed by atoms with van der Waals surface area (Å²) < 4.78 is 18.6. The molecule has 0 aromatic heterocycles. The van der Waals surface area contributed by atoms with Gasteiger partial charge in [0.1, 0.15) is 11.6 Å². The van der Waals surface area contributed by atoms with E-state index in [9.17, 15) is 4.39 Å². The summed E-state index contributed by atoms with van der Waals surface area (Å²) in [6, 6.07) is 2.95. The molecule has 0 fully saturated rings. The first-order valence-electron chi connectivity index (χ1n) is 5.19. The summed E-state index contributed by atoms with van der Waals surface area (Å²) in [7, 11) is 0. The highest BCUT2D eigenvalue weighted by molar-refractivity contribution is 5.54. The molecule has 0 amide bonds. The van der Waals surface area contributed by atoms with Gasteiger partial charge in [0.05, 0.1) is 12.3 Å². The van der Waals surface area contributed by atoms with E-state index in [1.807, 2.05) is 0 Å². The van der Waals surface area contributed by atoms with Crippen molar-refractivity contribution in [2.75, 3.05) is 12.3 Å². The summed E-state index contributed by atoms with van der Waals surface area (Å²) in [5.74, 6) is 0.881. The third-order valence-corrected chi connectivity index (χ3v) is 2.24. The molecule has 2 nitrogen and oxygen atoms in total. The molecule has 1 rings (SSSR count). The highest BCUT2D eigenvalue weighted by Crippen LogP contribution is 2.25. The monoisotopic (exact) mass is 211 g/mol. The zero-order chi connectivity index (χ0) is 11.4. The first-order valence-corrected chi connectivity index (χ1v) is 5.19. The van der Waals surface area contributed by atoms with Gasteiger partial charge in [-0.05, 0) is 30.9 Å². The maximum absolute atomic E-state index is 13.1. The van der Waals surface area contributed by atoms with Gasteiger partial charge < -0.3 is 10.5 Å². The Morgan fingerprint density at radius 2 is 2.07 bits per heavy atom. The normalized spacial score (nSPS) is 10.7. The van der Waals surface area contributed by atoms with Crippen LogP contribution in [-0.4, -0.2) is 6.61 Å². The fourth-order valence-corrected chi connectivity index (χ4v) is 1.20. The van der Waals surface area contributed by atoms with E-state index in [2.05, 4.69) is 13.8 Å². The molecule has 0 heterocycles. The molecule has 0 unspecified atom stereocenters. The van der Waals surface area contributed by atoms with E-state index in [1.54, 1.807) is 13.0 Å². The molecule has 0 saturated heterocycles. The molecule has 0 saturated carbocycles. The molecule has 0 radical (unpaired) electrons. The summed E-state index contributed by atoms with van der Waals surface area (Å²) in [6.07, 6.45) is 0.968. The number of benzene rings is 1. The molecule has 0 bridgehead atoms. The van der Waals surface area contributed by atoms with Crippen molar-refractivity contribution in [3.63, 3.8) is 0 Å². The molecule has 0 aliphatic rings. The molecule has 0 aliphatic carbocycles. The smallest absolute Gasteiger partial charge is 0.142 e. The number of rotatable bonds is 4. The number of hydrogen-bond donors (Lipinski definition) is 1. The lowest BCUT2D eigenvalue weighted by Crippen LogP contribution is -2.04. The van der Waals surface area contributed by atoms with Gasteiger partial charge in [0, 0.05) is 6.07 Å². The lowest BCUT2D eigenvalue weighted by molar-refractivity contribution is 0.290. The molecule has 1 aromatic carbocycles. The van der Waals surface area contributed by atoms with E-state index in [0.717, 1.165) is 6.42 Å². The maximum atomic E-state index is 13.1. The largest absolute Gasteiger partial charge is 0.491 e. The number of anilines is 1. The van der Waals surface area contributed by atoms with Crippen LogP contribution in [0.2, 0.25) is 0 Å². The van der Waals surface area contributed by atoms with Crippen LogP contribution in [0, 0.1) is 18.7 Å². The van der Waals surface area contributed by atoms with Gasteiger partial charge in [-0.1, -0.05) is 13.8 Å². The van der Waals surface area contributed by atoms with Gasteiger partial charge in [-0.15, -0.1) is 0 Å². The average Bonchev–Trinajstić information content (AvgIpc) is 2.13. The average molecular weight is 211 g/mol. The lowest BCUT2D eigenvalue weighted by atomic mass is 10.1. The van der Waals surface area contributed by atoms with Crippen molar-refractivity contribution in [3.05, 3.63) is 23.5 Å². The Labute approximate surface area is 90.2 Å². The molecule has 0 atom stereocenters. The first kappa shape index (κ1) is 11.8. The molecule has 0 spiro atoms. The van der Waals surface area contributed by atoms with Gasteiger partial charge in [0.25, 0.3) is 0 Å². The molecule has 84 valence electrons. The molecular formula is C12H18FNO. The van der Waals surface area contributed by atoms with E-state index < -0.39 is 0 Å². The predicted molar refractivity (Wildman–Crippen MR) is 60.5 cm³/mol. The predicted octanol–water partition coefficient (Wildman–Crippen LogP) is 3.14. The lowest BCUT2D eigenvalue weighted by Gasteiger charge is -2.11. The van der Waals surface area contributed by atoms with Crippen LogP contribution in [0.3, 0.4) is 0 Å². The van der Waals surface area contributed by atoms with Crippen molar-refractivity contribution in [3.8, 4) is 5.75 Å². The molecular weight excluding hydrogens is 193 g/mol. The van der Waals surface area contributed by atoms with Crippen LogP contribution >= 0.6 is 0 Å². The van der Waals surface area contributed by atoms with Crippen LogP contribution in [0.5, 0.6) is 5.75 Å². The van der Waals surface area contributed by atoms with Crippen molar-refractivity contribution < 1.29 is 9.13 Å². The fourth-order valence-electron chi connectivity index (χ4n) is 1.20. The third kappa shape index (κ3) is 3.42. The molecule has 3 heteroatoms. The standard InChI is InChI=1S/C12H18FNO/c1-8(2)4-5-15-12-6-9(3)10(13)7-11(12)14/h6-8H,4-5,14H2,1-3H3. The van der Waals surface area contributed by atoms with Gasteiger partial charge in [-0.2, -0.15) is 0 Å². The van der Waals surface area contributed by atoms with Crippen molar-refractivity contribution in [1.29, 1.82) is 0 Å². The number of hydrogen-bond acceptors (Lipinski definition) is 2. The summed E-state index contributed by atoms with van der Waals surface area (Å²) in [5.41, 5.74) is 6.56.